The molecule has 0 radical (unpaired) electrons. The standard InChI is InChI=1S/C12H7FINO3/c13-8-5-6-10(15(16)17)12(7-8)18-11-4-2-1-3-9(11)14/h1-7H. The van der Waals surface area contributed by atoms with Crippen molar-refractivity contribution in [1.29, 1.82) is 0 Å². The molecule has 2 rings (SSSR count). The molecular weight excluding hydrogens is 352 g/mol. The van der Waals surface area contributed by atoms with Crippen LogP contribution in [0, 0.1) is 19.5 Å². The van der Waals surface area contributed by atoms with Gasteiger partial charge in [0, 0.05) is 12.1 Å². The second-order valence-electron chi connectivity index (χ2n) is 3.40. The summed E-state index contributed by atoms with van der Waals surface area (Å²) in [4.78, 5) is 10.2. The monoisotopic (exact) mass is 359 g/mol. The van der Waals surface area contributed by atoms with Crippen LogP contribution in [0.15, 0.2) is 42.5 Å². The molecule has 0 aromatic heterocycles. The van der Waals surface area contributed by atoms with Gasteiger partial charge < -0.3 is 4.74 Å². The Balaban J connectivity index is 2.42. The highest BCUT2D eigenvalue weighted by molar-refractivity contribution is 14.1. The van der Waals surface area contributed by atoms with E-state index in [2.05, 4.69) is 0 Å². The van der Waals surface area contributed by atoms with E-state index in [-0.39, 0.29) is 11.4 Å². The van der Waals surface area contributed by atoms with E-state index in [0.29, 0.717) is 5.75 Å². The van der Waals surface area contributed by atoms with E-state index >= 15 is 0 Å². The average Bonchev–Trinajstić information content (AvgIpc) is 2.32. The van der Waals surface area contributed by atoms with Crippen molar-refractivity contribution in [2.45, 2.75) is 0 Å². The summed E-state index contributed by atoms with van der Waals surface area (Å²) in [5.74, 6) is -0.238. The first-order valence-electron chi connectivity index (χ1n) is 4.94. The van der Waals surface area contributed by atoms with Crippen LogP contribution >= 0.6 is 22.6 Å². The highest BCUT2D eigenvalue weighted by Crippen LogP contribution is 2.33. The molecule has 0 heterocycles. The van der Waals surface area contributed by atoms with Crippen LogP contribution in [0.5, 0.6) is 11.5 Å². The van der Waals surface area contributed by atoms with Gasteiger partial charge in [0.25, 0.3) is 0 Å². The molecule has 0 saturated carbocycles. The maximum Gasteiger partial charge on any atom is 0.311 e. The summed E-state index contributed by atoms with van der Waals surface area (Å²) < 4.78 is 19.3. The Morgan fingerprint density at radius 1 is 1.17 bits per heavy atom. The van der Waals surface area contributed by atoms with Gasteiger partial charge >= 0.3 is 5.69 Å². The Labute approximate surface area is 116 Å². The van der Waals surface area contributed by atoms with Gasteiger partial charge in [-0.25, -0.2) is 4.39 Å². The van der Waals surface area contributed by atoms with Crippen molar-refractivity contribution in [2.24, 2.45) is 0 Å². The van der Waals surface area contributed by atoms with Gasteiger partial charge in [0.2, 0.25) is 5.75 Å². The molecule has 0 saturated heterocycles. The molecule has 0 bridgehead atoms. The molecule has 0 fully saturated rings. The predicted octanol–water partition coefficient (Wildman–Crippen LogP) is 4.13. The SMILES string of the molecule is O=[N+]([O-])c1ccc(F)cc1Oc1ccccc1I. The zero-order valence-corrected chi connectivity index (χ0v) is 11.1. The van der Waals surface area contributed by atoms with E-state index in [1.54, 1.807) is 18.2 Å². The van der Waals surface area contributed by atoms with E-state index in [1.165, 1.54) is 0 Å². The molecule has 2 aromatic carbocycles. The normalized spacial score (nSPS) is 10.1. The molecule has 0 amide bonds. The number of hydrogen-bond acceptors (Lipinski definition) is 3. The Bertz CT molecular complexity index is 604. The van der Waals surface area contributed by atoms with Gasteiger partial charge in [0.1, 0.15) is 11.6 Å². The molecule has 0 spiro atoms. The lowest BCUT2D eigenvalue weighted by Crippen LogP contribution is -1.95. The topological polar surface area (TPSA) is 52.4 Å². The highest BCUT2D eigenvalue weighted by atomic mass is 127. The molecule has 18 heavy (non-hydrogen) atoms. The van der Waals surface area contributed by atoms with Gasteiger partial charge in [0.05, 0.1) is 8.49 Å². The number of para-hydroxylation sites is 1. The summed E-state index contributed by atoms with van der Waals surface area (Å²) in [7, 11) is 0. The number of nitro groups is 1. The van der Waals surface area contributed by atoms with Crippen LogP contribution in [0.4, 0.5) is 10.1 Å². The Hall–Kier alpha value is -1.70. The van der Waals surface area contributed by atoms with E-state index in [4.69, 9.17) is 4.74 Å². The lowest BCUT2D eigenvalue weighted by Gasteiger charge is -2.07. The number of hydrogen-bond donors (Lipinski definition) is 0. The van der Waals surface area contributed by atoms with Crippen LogP contribution in [0.2, 0.25) is 0 Å². The van der Waals surface area contributed by atoms with Crippen molar-refractivity contribution in [3.8, 4) is 11.5 Å². The lowest BCUT2D eigenvalue weighted by atomic mass is 10.3. The summed E-state index contributed by atoms with van der Waals surface area (Å²) in [6.45, 7) is 0. The number of nitrogens with zero attached hydrogens (tertiary/aromatic N) is 1. The van der Waals surface area contributed by atoms with E-state index in [0.717, 1.165) is 21.8 Å². The van der Waals surface area contributed by atoms with Crippen molar-refractivity contribution in [1.82, 2.24) is 0 Å². The number of rotatable bonds is 3. The maximum atomic E-state index is 13.1. The molecule has 0 N–H and O–H groups in total. The summed E-state index contributed by atoms with van der Waals surface area (Å²) >= 11 is 2.04. The summed E-state index contributed by atoms with van der Waals surface area (Å²) in [5.41, 5.74) is -0.268. The van der Waals surface area contributed by atoms with Crippen molar-refractivity contribution < 1.29 is 14.1 Å². The molecule has 0 aliphatic heterocycles. The second kappa shape index (κ2) is 5.30. The first-order chi connectivity index (χ1) is 8.58. The molecular formula is C12H7FINO3. The smallest absolute Gasteiger partial charge is 0.311 e. The zero-order chi connectivity index (χ0) is 13.1. The third-order valence-electron chi connectivity index (χ3n) is 2.18. The van der Waals surface area contributed by atoms with Crippen LogP contribution in [-0.2, 0) is 0 Å². The van der Waals surface area contributed by atoms with Gasteiger partial charge in [-0.1, -0.05) is 12.1 Å². The minimum Gasteiger partial charge on any atom is -0.449 e. The number of benzene rings is 2. The zero-order valence-electron chi connectivity index (χ0n) is 8.97. The molecule has 0 aliphatic rings. The van der Waals surface area contributed by atoms with Crippen molar-refractivity contribution in [2.75, 3.05) is 0 Å². The van der Waals surface area contributed by atoms with Gasteiger partial charge in [-0.3, -0.25) is 10.1 Å². The van der Waals surface area contributed by atoms with Crippen LogP contribution in [-0.4, -0.2) is 4.92 Å². The number of halogens is 2. The van der Waals surface area contributed by atoms with Gasteiger partial charge in [-0.2, -0.15) is 0 Å². The Morgan fingerprint density at radius 3 is 2.56 bits per heavy atom. The minimum atomic E-state index is -0.607. The number of nitro benzene ring substituents is 1. The van der Waals surface area contributed by atoms with E-state index in [9.17, 15) is 14.5 Å². The molecule has 2 aromatic rings. The van der Waals surface area contributed by atoms with Crippen LogP contribution in [0.25, 0.3) is 0 Å². The first-order valence-corrected chi connectivity index (χ1v) is 6.02. The molecule has 0 atom stereocenters. The summed E-state index contributed by atoms with van der Waals surface area (Å²) in [6, 6.07) is 10.1. The largest absolute Gasteiger partial charge is 0.449 e. The molecule has 92 valence electrons. The van der Waals surface area contributed by atoms with Crippen molar-refractivity contribution >= 4 is 28.3 Å². The predicted molar refractivity (Wildman–Crippen MR) is 72.3 cm³/mol. The molecule has 0 unspecified atom stereocenters. The second-order valence-corrected chi connectivity index (χ2v) is 4.56. The van der Waals surface area contributed by atoms with Crippen molar-refractivity contribution in [3.05, 3.63) is 62.0 Å². The minimum absolute atomic E-state index is 0.107. The van der Waals surface area contributed by atoms with Gasteiger partial charge in [-0.05, 0) is 40.8 Å². The number of ether oxygens (including phenoxy) is 1. The van der Waals surface area contributed by atoms with E-state index < -0.39 is 10.7 Å². The first kappa shape index (κ1) is 12.7. The molecule has 0 aliphatic carbocycles. The third-order valence-corrected chi connectivity index (χ3v) is 3.07. The Kier molecular flexibility index (Phi) is 3.75. The fourth-order valence-electron chi connectivity index (χ4n) is 1.37. The molecule has 4 nitrogen and oxygen atoms in total. The fourth-order valence-corrected chi connectivity index (χ4v) is 1.86. The maximum absolute atomic E-state index is 13.1. The quantitative estimate of drug-likeness (QED) is 0.470. The van der Waals surface area contributed by atoms with Crippen LogP contribution in [0.3, 0.4) is 0 Å². The lowest BCUT2D eigenvalue weighted by molar-refractivity contribution is -0.385. The van der Waals surface area contributed by atoms with E-state index in [1.807, 2.05) is 28.7 Å². The Morgan fingerprint density at radius 2 is 1.89 bits per heavy atom. The highest BCUT2D eigenvalue weighted by Gasteiger charge is 2.17. The average molecular weight is 359 g/mol. The summed E-state index contributed by atoms with van der Waals surface area (Å²) in [6.07, 6.45) is 0. The van der Waals surface area contributed by atoms with Crippen molar-refractivity contribution in [3.63, 3.8) is 0 Å². The van der Waals surface area contributed by atoms with Gasteiger partial charge in [-0.15, -0.1) is 0 Å². The van der Waals surface area contributed by atoms with Crippen LogP contribution < -0.4 is 4.74 Å². The summed E-state index contributed by atoms with van der Waals surface area (Å²) in [5, 5.41) is 10.8. The van der Waals surface area contributed by atoms with Crippen LogP contribution in [0.1, 0.15) is 0 Å². The van der Waals surface area contributed by atoms with Gasteiger partial charge in [0.15, 0.2) is 0 Å². The fraction of sp³-hybridized carbons (Fsp3) is 0. The molecule has 6 heteroatoms. The third kappa shape index (κ3) is 2.76.